The highest BCUT2D eigenvalue weighted by Gasteiger charge is 2.32. The van der Waals surface area contributed by atoms with Gasteiger partial charge in [0.1, 0.15) is 16.3 Å². The van der Waals surface area contributed by atoms with E-state index in [-0.39, 0.29) is 22.1 Å². The number of aryl methyl sites for hydroxylation is 3. The van der Waals surface area contributed by atoms with Gasteiger partial charge in [-0.05, 0) is 81.3 Å². The highest BCUT2D eigenvalue weighted by Crippen LogP contribution is 2.34. The number of hydrogen-bond acceptors (Lipinski definition) is 5. The Morgan fingerprint density at radius 1 is 1.03 bits per heavy atom. The minimum Gasteiger partial charge on any atom is -0.495 e. The number of fused-ring (bicyclic) bond motifs is 1. The lowest BCUT2D eigenvalue weighted by molar-refractivity contribution is 0.101. The van der Waals surface area contributed by atoms with E-state index in [0.29, 0.717) is 48.2 Å². The van der Waals surface area contributed by atoms with Crippen molar-refractivity contribution in [2.45, 2.75) is 56.6 Å². The first-order valence-electron chi connectivity index (χ1n) is 11.6. The number of aromatic nitrogens is 1. The summed E-state index contributed by atoms with van der Waals surface area (Å²) < 4.78 is 32.8. The zero-order valence-corrected chi connectivity index (χ0v) is 21.2. The number of ketones is 1. The van der Waals surface area contributed by atoms with Crippen LogP contribution in [0, 0.1) is 13.8 Å². The van der Waals surface area contributed by atoms with Gasteiger partial charge in [-0.1, -0.05) is 24.3 Å². The number of sulfone groups is 1. The van der Waals surface area contributed by atoms with E-state index >= 15 is 0 Å². The number of H-pyrrole nitrogens is 1. The van der Waals surface area contributed by atoms with Crippen molar-refractivity contribution in [3.05, 3.63) is 76.1 Å². The quantitative estimate of drug-likeness (QED) is 0.378. The summed E-state index contributed by atoms with van der Waals surface area (Å²) in [6.07, 6.45) is 2.44. The zero-order valence-electron chi connectivity index (χ0n) is 20.4. The maximum atomic E-state index is 13.7. The van der Waals surface area contributed by atoms with Gasteiger partial charge in [-0.3, -0.25) is 9.59 Å². The Morgan fingerprint density at radius 3 is 2.20 bits per heavy atom. The van der Waals surface area contributed by atoms with Crippen LogP contribution in [0.4, 0.5) is 5.69 Å². The predicted octanol–water partition coefficient (Wildman–Crippen LogP) is 4.82. The number of amides is 1. The number of rotatable bonds is 6. The first-order valence-corrected chi connectivity index (χ1v) is 13.2. The fraction of sp³-hybridized carbons (Fsp3) is 0.333. The molecule has 8 heteroatoms. The maximum Gasteiger partial charge on any atom is 0.272 e. The van der Waals surface area contributed by atoms with E-state index in [0.717, 1.165) is 0 Å². The van der Waals surface area contributed by atoms with Crippen LogP contribution in [0.2, 0.25) is 0 Å². The molecule has 1 heterocycles. The molecule has 184 valence electrons. The Morgan fingerprint density at radius 2 is 1.66 bits per heavy atom. The molecule has 2 N–H and O–H groups in total. The average Bonchev–Trinajstić information content (AvgIpc) is 2.99. The zero-order chi connectivity index (χ0) is 25.3. The van der Waals surface area contributed by atoms with Crippen molar-refractivity contribution >= 4 is 27.2 Å². The molecule has 1 aliphatic carbocycles. The summed E-state index contributed by atoms with van der Waals surface area (Å²) in [5.74, 6) is -0.328. The van der Waals surface area contributed by atoms with E-state index in [9.17, 15) is 18.0 Å². The number of methoxy groups -OCH3 is 1. The average molecular weight is 495 g/mol. The molecule has 0 fully saturated rings. The van der Waals surface area contributed by atoms with E-state index in [4.69, 9.17) is 4.74 Å². The number of aromatic amines is 1. The summed E-state index contributed by atoms with van der Waals surface area (Å²) in [6, 6.07) is 12.7. The van der Waals surface area contributed by atoms with Gasteiger partial charge in [-0.15, -0.1) is 0 Å². The Hall–Kier alpha value is -3.39. The van der Waals surface area contributed by atoms with Crippen molar-refractivity contribution in [1.29, 1.82) is 0 Å². The fourth-order valence-corrected chi connectivity index (χ4v) is 6.93. The molecule has 0 spiro atoms. The molecule has 0 bridgehead atoms. The topological polar surface area (TPSA) is 105 Å². The summed E-state index contributed by atoms with van der Waals surface area (Å²) in [7, 11) is -2.29. The van der Waals surface area contributed by atoms with Crippen LogP contribution >= 0.6 is 0 Å². The summed E-state index contributed by atoms with van der Waals surface area (Å²) >= 11 is 0. The molecule has 3 aromatic rings. The van der Waals surface area contributed by atoms with Crippen LogP contribution in [0.15, 0.2) is 47.4 Å². The summed E-state index contributed by atoms with van der Waals surface area (Å²) in [5.41, 5.74) is 4.66. The third-order valence-electron chi connectivity index (χ3n) is 6.77. The number of benzene rings is 2. The molecule has 0 saturated carbocycles. The summed E-state index contributed by atoms with van der Waals surface area (Å²) in [5, 5.41) is 2.22. The van der Waals surface area contributed by atoms with Crippen LogP contribution in [-0.4, -0.2) is 37.5 Å². The monoisotopic (exact) mass is 494 g/mol. The lowest BCUT2D eigenvalue weighted by Gasteiger charge is -2.18. The van der Waals surface area contributed by atoms with Gasteiger partial charge in [-0.2, -0.15) is 0 Å². The van der Waals surface area contributed by atoms with Crippen LogP contribution in [0.3, 0.4) is 0 Å². The molecule has 0 saturated heterocycles. The second-order valence-electron chi connectivity index (χ2n) is 9.01. The SMILES string of the molecule is COc1ccc(NC(=O)c2[nH]c(C)c(C(C)=O)c2C)cc1S(=O)(=O)C1CCc2ccccc2CC1. The Bertz CT molecular complexity index is 1380. The van der Waals surface area contributed by atoms with Gasteiger partial charge in [0.25, 0.3) is 5.91 Å². The van der Waals surface area contributed by atoms with Crippen molar-refractivity contribution in [2.75, 3.05) is 12.4 Å². The Labute approximate surface area is 205 Å². The fourth-order valence-electron chi connectivity index (χ4n) is 4.99. The van der Waals surface area contributed by atoms with Gasteiger partial charge >= 0.3 is 0 Å². The minimum absolute atomic E-state index is 0.0672. The molecule has 4 rings (SSSR count). The van der Waals surface area contributed by atoms with E-state index in [1.54, 1.807) is 26.0 Å². The molecule has 2 aromatic carbocycles. The van der Waals surface area contributed by atoms with Gasteiger partial charge in [0.15, 0.2) is 15.6 Å². The standard InChI is InChI=1S/C27H30N2O5S/c1-16-25(18(3)30)17(2)28-26(16)27(31)29-21-11-14-23(34-4)24(15-21)35(32,33)22-12-9-19-7-5-6-8-20(19)10-13-22/h5-8,11,14-15,22,28H,9-10,12-13H2,1-4H3,(H,29,31). The first kappa shape index (κ1) is 24.7. The van der Waals surface area contributed by atoms with Crippen LogP contribution in [0.5, 0.6) is 5.75 Å². The summed E-state index contributed by atoms with van der Waals surface area (Å²) in [6.45, 7) is 4.91. The molecular formula is C27H30N2O5S. The van der Waals surface area contributed by atoms with E-state index in [2.05, 4.69) is 22.4 Å². The van der Waals surface area contributed by atoms with Crippen molar-refractivity contribution in [3.63, 3.8) is 0 Å². The Balaban J connectivity index is 1.62. The molecular weight excluding hydrogens is 464 g/mol. The molecule has 35 heavy (non-hydrogen) atoms. The third kappa shape index (κ3) is 4.75. The van der Waals surface area contributed by atoms with E-state index in [1.165, 1.54) is 31.2 Å². The van der Waals surface area contributed by atoms with Crippen molar-refractivity contribution in [1.82, 2.24) is 4.98 Å². The second kappa shape index (κ2) is 9.70. The lowest BCUT2D eigenvalue weighted by atomic mass is 10.0. The molecule has 1 aromatic heterocycles. The minimum atomic E-state index is -3.72. The van der Waals surface area contributed by atoms with Crippen LogP contribution in [0.1, 0.15) is 63.0 Å². The number of anilines is 1. The van der Waals surface area contributed by atoms with Crippen LogP contribution in [-0.2, 0) is 22.7 Å². The van der Waals surface area contributed by atoms with E-state index in [1.807, 2.05) is 12.1 Å². The van der Waals surface area contributed by atoms with Gasteiger partial charge in [0.05, 0.1) is 12.4 Å². The summed E-state index contributed by atoms with van der Waals surface area (Å²) in [4.78, 5) is 27.9. The predicted molar refractivity (Wildman–Crippen MR) is 135 cm³/mol. The van der Waals surface area contributed by atoms with Crippen LogP contribution < -0.4 is 10.1 Å². The molecule has 1 amide bonds. The molecule has 1 aliphatic rings. The number of hydrogen-bond donors (Lipinski definition) is 2. The van der Waals surface area contributed by atoms with Gasteiger partial charge in [-0.25, -0.2) is 8.42 Å². The van der Waals surface area contributed by atoms with Crippen LogP contribution in [0.25, 0.3) is 0 Å². The maximum absolute atomic E-state index is 13.7. The van der Waals surface area contributed by atoms with Crippen molar-refractivity contribution in [2.24, 2.45) is 0 Å². The van der Waals surface area contributed by atoms with Gasteiger partial charge in [0, 0.05) is 16.9 Å². The van der Waals surface area contributed by atoms with Crippen molar-refractivity contribution in [3.8, 4) is 5.75 Å². The molecule has 0 atom stereocenters. The van der Waals surface area contributed by atoms with Crippen molar-refractivity contribution < 1.29 is 22.7 Å². The number of ether oxygens (including phenoxy) is 1. The highest BCUT2D eigenvalue weighted by molar-refractivity contribution is 7.92. The Kier molecular flexibility index (Phi) is 6.85. The number of Topliss-reactive ketones (excluding diaryl/α,β-unsaturated/α-hetero) is 1. The smallest absolute Gasteiger partial charge is 0.272 e. The number of carbonyl (C=O) groups is 2. The number of nitrogens with one attached hydrogen (secondary N) is 2. The highest BCUT2D eigenvalue weighted by atomic mass is 32.2. The molecule has 0 aliphatic heterocycles. The number of carbonyl (C=O) groups excluding carboxylic acids is 2. The lowest BCUT2D eigenvalue weighted by Crippen LogP contribution is -2.23. The third-order valence-corrected chi connectivity index (χ3v) is 9.05. The molecule has 7 nitrogen and oxygen atoms in total. The first-order chi connectivity index (χ1) is 16.6. The normalized spacial score (nSPS) is 14.2. The van der Waals surface area contributed by atoms with Gasteiger partial charge in [0.2, 0.25) is 0 Å². The molecule has 0 unspecified atom stereocenters. The van der Waals surface area contributed by atoms with Gasteiger partial charge < -0.3 is 15.0 Å². The molecule has 0 radical (unpaired) electrons. The second-order valence-corrected chi connectivity index (χ2v) is 11.2. The van der Waals surface area contributed by atoms with E-state index < -0.39 is 21.0 Å². The largest absolute Gasteiger partial charge is 0.495 e.